The molecule has 0 N–H and O–H groups in total. The van der Waals surface area contributed by atoms with Gasteiger partial charge in [-0.15, -0.1) is 0 Å². The number of piperidine rings is 1. The highest BCUT2D eigenvalue weighted by Crippen LogP contribution is 2.18. The van der Waals surface area contributed by atoms with Gasteiger partial charge in [0.25, 0.3) is 0 Å². The molecule has 0 bridgehead atoms. The molecule has 1 saturated heterocycles. The summed E-state index contributed by atoms with van der Waals surface area (Å²) in [4.78, 5) is 13.6. The van der Waals surface area contributed by atoms with Crippen LogP contribution in [-0.4, -0.2) is 37.6 Å². The van der Waals surface area contributed by atoms with Crippen molar-refractivity contribution < 1.29 is 9.53 Å². The van der Waals surface area contributed by atoms with Crippen LogP contribution in [0.4, 0.5) is 0 Å². The van der Waals surface area contributed by atoms with Crippen LogP contribution in [0.3, 0.4) is 0 Å². The molecule has 1 aliphatic rings. The zero-order chi connectivity index (χ0) is 9.68. The van der Waals surface area contributed by atoms with Crippen molar-refractivity contribution in [1.82, 2.24) is 4.90 Å². The molecule has 76 valence electrons. The molecular weight excluding hydrogens is 166 g/mol. The minimum absolute atomic E-state index is 0.318. The first-order valence-electron chi connectivity index (χ1n) is 5.02. The summed E-state index contributed by atoms with van der Waals surface area (Å²) in [5.41, 5.74) is 0. The number of rotatable bonds is 4. The van der Waals surface area contributed by atoms with Crippen molar-refractivity contribution in [3.05, 3.63) is 0 Å². The number of carbonyl (C=O) groups excluding carboxylic acids is 1. The van der Waals surface area contributed by atoms with Crippen LogP contribution in [0.1, 0.15) is 26.2 Å². The van der Waals surface area contributed by atoms with Crippen molar-refractivity contribution in [3.63, 3.8) is 0 Å². The summed E-state index contributed by atoms with van der Waals surface area (Å²) in [7, 11) is 1.71. The Labute approximate surface area is 80.1 Å². The number of hydrogen-bond donors (Lipinski definition) is 0. The number of ketones is 1. The topological polar surface area (TPSA) is 29.5 Å². The van der Waals surface area contributed by atoms with E-state index in [0.29, 0.717) is 24.9 Å². The summed E-state index contributed by atoms with van der Waals surface area (Å²) in [5.74, 6) is 0.746. The van der Waals surface area contributed by atoms with Crippen LogP contribution in [-0.2, 0) is 9.53 Å². The van der Waals surface area contributed by atoms with Gasteiger partial charge in [0, 0.05) is 32.5 Å². The fourth-order valence-corrected chi connectivity index (χ4v) is 1.86. The van der Waals surface area contributed by atoms with E-state index in [1.165, 1.54) is 0 Å². The third kappa shape index (κ3) is 3.08. The molecule has 0 aliphatic carbocycles. The van der Waals surface area contributed by atoms with Crippen LogP contribution in [0, 0.1) is 5.92 Å². The maximum absolute atomic E-state index is 11.4. The number of hydrogen-bond acceptors (Lipinski definition) is 3. The van der Waals surface area contributed by atoms with Gasteiger partial charge in [0.05, 0.1) is 6.73 Å². The fourth-order valence-electron chi connectivity index (χ4n) is 1.86. The van der Waals surface area contributed by atoms with Gasteiger partial charge in [0.2, 0.25) is 0 Å². The Morgan fingerprint density at radius 3 is 2.54 bits per heavy atom. The van der Waals surface area contributed by atoms with Crippen molar-refractivity contribution >= 4 is 5.78 Å². The lowest BCUT2D eigenvalue weighted by Crippen LogP contribution is -2.37. The quantitative estimate of drug-likeness (QED) is 0.661. The van der Waals surface area contributed by atoms with Gasteiger partial charge in [-0.05, 0) is 12.8 Å². The van der Waals surface area contributed by atoms with E-state index in [1.54, 1.807) is 7.11 Å². The fraction of sp³-hybridized carbons (Fsp3) is 0.900. The van der Waals surface area contributed by atoms with Gasteiger partial charge in [-0.25, -0.2) is 0 Å². The van der Waals surface area contributed by atoms with E-state index in [9.17, 15) is 4.79 Å². The Balaban J connectivity index is 2.26. The SMILES string of the molecule is CCC(=O)C1CCN(COC)CC1. The van der Waals surface area contributed by atoms with Gasteiger partial charge >= 0.3 is 0 Å². The highest BCUT2D eigenvalue weighted by atomic mass is 16.5. The van der Waals surface area contributed by atoms with E-state index in [-0.39, 0.29) is 0 Å². The molecule has 0 aromatic carbocycles. The molecule has 3 nitrogen and oxygen atoms in total. The molecule has 1 heterocycles. The molecule has 1 aliphatic heterocycles. The average molecular weight is 185 g/mol. The van der Waals surface area contributed by atoms with Gasteiger partial charge < -0.3 is 4.74 Å². The van der Waals surface area contributed by atoms with Crippen LogP contribution >= 0.6 is 0 Å². The molecule has 0 unspecified atom stereocenters. The van der Waals surface area contributed by atoms with Crippen molar-refractivity contribution in [1.29, 1.82) is 0 Å². The van der Waals surface area contributed by atoms with E-state index < -0.39 is 0 Å². The normalized spacial score (nSPS) is 20.5. The molecule has 13 heavy (non-hydrogen) atoms. The maximum atomic E-state index is 11.4. The Morgan fingerprint density at radius 2 is 2.08 bits per heavy atom. The molecular formula is C10H19NO2. The lowest BCUT2D eigenvalue weighted by molar-refractivity contribution is -0.124. The summed E-state index contributed by atoms with van der Waals surface area (Å²) >= 11 is 0. The second-order valence-corrected chi connectivity index (χ2v) is 3.63. The Hall–Kier alpha value is -0.410. The highest BCUT2D eigenvalue weighted by molar-refractivity contribution is 5.80. The van der Waals surface area contributed by atoms with Crippen LogP contribution < -0.4 is 0 Å². The molecule has 0 atom stereocenters. The minimum Gasteiger partial charge on any atom is -0.369 e. The summed E-state index contributed by atoms with van der Waals surface area (Å²) in [6.07, 6.45) is 2.71. The largest absolute Gasteiger partial charge is 0.369 e. The van der Waals surface area contributed by atoms with Crippen LogP contribution in [0.2, 0.25) is 0 Å². The van der Waals surface area contributed by atoms with Gasteiger partial charge in [-0.1, -0.05) is 6.92 Å². The van der Waals surface area contributed by atoms with E-state index >= 15 is 0 Å². The Bertz CT molecular complexity index is 162. The van der Waals surface area contributed by atoms with Crippen LogP contribution in [0.25, 0.3) is 0 Å². The minimum atomic E-state index is 0.318. The molecule has 1 rings (SSSR count). The third-order valence-electron chi connectivity index (χ3n) is 2.70. The highest BCUT2D eigenvalue weighted by Gasteiger charge is 2.23. The predicted molar refractivity (Wildman–Crippen MR) is 51.5 cm³/mol. The van der Waals surface area contributed by atoms with Crippen molar-refractivity contribution in [2.24, 2.45) is 5.92 Å². The average Bonchev–Trinajstić information content (AvgIpc) is 2.18. The van der Waals surface area contributed by atoms with Gasteiger partial charge in [-0.3, -0.25) is 9.69 Å². The predicted octanol–water partition coefficient (Wildman–Crippen LogP) is 1.28. The molecule has 1 fully saturated rings. The van der Waals surface area contributed by atoms with Crippen molar-refractivity contribution in [2.45, 2.75) is 26.2 Å². The number of methoxy groups -OCH3 is 1. The zero-order valence-electron chi connectivity index (χ0n) is 8.58. The molecule has 0 saturated carbocycles. The van der Waals surface area contributed by atoms with Gasteiger partial charge in [0.15, 0.2) is 0 Å². The second-order valence-electron chi connectivity index (χ2n) is 3.63. The van der Waals surface area contributed by atoms with Gasteiger partial charge in [0.1, 0.15) is 5.78 Å². The molecule has 0 aromatic rings. The van der Waals surface area contributed by atoms with Crippen LogP contribution in [0.5, 0.6) is 0 Å². The first-order chi connectivity index (χ1) is 6.27. The standard InChI is InChI=1S/C10H19NO2/c1-3-10(12)9-4-6-11(7-5-9)8-13-2/h9H,3-8H2,1-2H3. The lowest BCUT2D eigenvalue weighted by atomic mass is 9.91. The molecule has 0 radical (unpaired) electrons. The number of ether oxygens (including phenoxy) is 1. The first kappa shape index (κ1) is 10.7. The Morgan fingerprint density at radius 1 is 1.46 bits per heavy atom. The van der Waals surface area contributed by atoms with Crippen LogP contribution in [0.15, 0.2) is 0 Å². The second kappa shape index (κ2) is 5.35. The number of carbonyl (C=O) groups is 1. The number of nitrogens with zero attached hydrogens (tertiary/aromatic N) is 1. The van der Waals surface area contributed by atoms with E-state index in [2.05, 4.69) is 4.90 Å². The zero-order valence-corrected chi connectivity index (χ0v) is 8.58. The third-order valence-corrected chi connectivity index (χ3v) is 2.70. The van der Waals surface area contributed by atoms with Gasteiger partial charge in [-0.2, -0.15) is 0 Å². The summed E-state index contributed by atoms with van der Waals surface area (Å²) in [6.45, 7) is 4.66. The summed E-state index contributed by atoms with van der Waals surface area (Å²) in [5, 5.41) is 0. The molecule has 0 spiro atoms. The monoisotopic (exact) mass is 185 g/mol. The van der Waals surface area contributed by atoms with E-state index in [0.717, 1.165) is 25.9 Å². The van der Waals surface area contributed by atoms with Crippen molar-refractivity contribution in [3.8, 4) is 0 Å². The summed E-state index contributed by atoms with van der Waals surface area (Å²) < 4.78 is 5.04. The molecule has 0 amide bonds. The number of likely N-dealkylation sites (tertiary alicyclic amines) is 1. The van der Waals surface area contributed by atoms with E-state index in [1.807, 2.05) is 6.92 Å². The number of Topliss-reactive ketones (excluding diaryl/α,β-unsaturated/α-hetero) is 1. The van der Waals surface area contributed by atoms with Crippen molar-refractivity contribution in [2.75, 3.05) is 26.9 Å². The Kier molecular flexibility index (Phi) is 4.39. The van der Waals surface area contributed by atoms with E-state index in [4.69, 9.17) is 4.74 Å². The summed E-state index contributed by atoms with van der Waals surface area (Å²) in [6, 6.07) is 0. The maximum Gasteiger partial charge on any atom is 0.135 e. The molecule has 3 heteroatoms. The first-order valence-corrected chi connectivity index (χ1v) is 5.02. The lowest BCUT2D eigenvalue weighted by Gasteiger charge is -2.30. The molecule has 0 aromatic heterocycles. The smallest absolute Gasteiger partial charge is 0.135 e.